The molecule has 148 valence electrons. The average molecular weight is 493 g/mol. The monoisotopic (exact) mass is 493 g/mol. The second-order valence-electron chi connectivity index (χ2n) is 6.49. The van der Waals surface area contributed by atoms with Crippen molar-refractivity contribution < 1.29 is 4.79 Å². The standard InChI is InChI=1S/C18H31N5OS.HI/c1-4-19-18(22(3)13-16-14-25-15(2)21-16)20-10-8-12-23-11-7-5-6-9-17(23)24;/h14H,4-13H2,1-3H3,(H,19,20);1H. The van der Waals surface area contributed by atoms with Crippen LogP contribution in [-0.4, -0.2) is 59.9 Å². The Morgan fingerprint density at radius 2 is 2.23 bits per heavy atom. The molecule has 0 bridgehead atoms. The first-order valence-corrected chi connectivity index (χ1v) is 10.2. The van der Waals surface area contributed by atoms with Gasteiger partial charge in [-0.15, -0.1) is 35.3 Å². The lowest BCUT2D eigenvalue weighted by Gasteiger charge is -2.22. The number of nitrogens with one attached hydrogen (secondary N) is 1. The summed E-state index contributed by atoms with van der Waals surface area (Å²) in [7, 11) is 2.04. The number of nitrogens with zero attached hydrogens (tertiary/aromatic N) is 4. The summed E-state index contributed by atoms with van der Waals surface area (Å²) < 4.78 is 0. The maximum atomic E-state index is 12.0. The molecule has 1 aromatic rings. The molecule has 0 saturated carbocycles. The summed E-state index contributed by atoms with van der Waals surface area (Å²) in [6.07, 6.45) is 4.96. The molecule has 0 spiro atoms. The van der Waals surface area contributed by atoms with Gasteiger partial charge in [-0.3, -0.25) is 9.79 Å². The van der Waals surface area contributed by atoms with Crippen molar-refractivity contribution in [2.45, 2.75) is 52.5 Å². The third-order valence-electron chi connectivity index (χ3n) is 4.28. The van der Waals surface area contributed by atoms with Gasteiger partial charge in [0, 0.05) is 45.0 Å². The number of hydrogen-bond acceptors (Lipinski definition) is 4. The molecule has 1 aliphatic heterocycles. The Hall–Kier alpha value is -0.900. The first-order valence-electron chi connectivity index (χ1n) is 9.28. The maximum Gasteiger partial charge on any atom is 0.222 e. The summed E-state index contributed by atoms with van der Waals surface area (Å²) in [5, 5.41) is 6.53. The number of aromatic nitrogens is 1. The number of guanidine groups is 1. The third kappa shape index (κ3) is 7.77. The van der Waals surface area contributed by atoms with Crippen LogP contribution >= 0.6 is 35.3 Å². The summed E-state index contributed by atoms with van der Waals surface area (Å²) in [5.41, 5.74) is 1.07. The Bertz CT molecular complexity index is 578. The van der Waals surface area contributed by atoms with Gasteiger partial charge in [-0.2, -0.15) is 0 Å². The number of carbonyl (C=O) groups excluding carboxylic acids is 1. The smallest absolute Gasteiger partial charge is 0.222 e. The van der Waals surface area contributed by atoms with Gasteiger partial charge < -0.3 is 15.1 Å². The van der Waals surface area contributed by atoms with E-state index in [1.807, 2.05) is 18.9 Å². The molecule has 6 nitrogen and oxygen atoms in total. The second kappa shape index (κ2) is 12.5. The van der Waals surface area contributed by atoms with Gasteiger partial charge in [-0.05, 0) is 33.1 Å². The van der Waals surface area contributed by atoms with Crippen LogP contribution in [0, 0.1) is 6.92 Å². The molecule has 1 amide bonds. The molecule has 0 unspecified atom stereocenters. The number of aryl methyl sites for hydroxylation is 1. The fraction of sp³-hybridized carbons (Fsp3) is 0.722. The summed E-state index contributed by atoms with van der Waals surface area (Å²) >= 11 is 1.68. The van der Waals surface area contributed by atoms with Crippen molar-refractivity contribution in [1.82, 2.24) is 20.1 Å². The number of amides is 1. The average Bonchev–Trinajstić information content (AvgIpc) is 2.88. The number of thiazole rings is 1. The minimum atomic E-state index is 0. The van der Waals surface area contributed by atoms with Crippen LogP contribution < -0.4 is 5.32 Å². The topological polar surface area (TPSA) is 60.8 Å². The van der Waals surface area contributed by atoms with Crippen LogP contribution in [0.15, 0.2) is 10.4 Å². The van der Waals surface area contributed by atoms with Gasteiger partial charge in [0.2, 0.25) is 5.91 Å². The van der Waals surface area contributed by atoms with Crippen molar-refractivity contribution in [2.75, 3.05) is 33.2 Å². The summed E-state index contributed by atoms with van der Waals surface area (Å²) in [5.74, 6) is 1.21. The van der Waals surface area contributed by atoms with Crippen molar-refractivity contribution in [3.63, 3.8) is 0 Å². The van der Waals surface area contributed by atoms with E-state index in [-0.39, 0.29) is 24.0 Å². The molecule has 1 fully saturated rings. The minimum Gasteiger partial charge on any atom is -0.357 e. The highest BCUT2D eigenvalue weighted by Crippen LogP contribution is 2.12. The van der Waals surface area contributed by atoms with E-state index in [9.17, 15) is 4.79 Å². The Morgan fingerprint density at radius 3 is 2.92 bits per heavy atom. The molecule has 2 heterocycles. The molecule has 1 saturated heterocycles. The molecule has 1 N–H and O–H groups in total. The van der Waals surface area contributed by atoms with Crippen LogP contribution in [0.1, 0.15) is 49.7 Å². The predicted octanol–water partition coefficient (Wildman–Crippen LogP) is 3.26. The number of halogens is 1. The van der Waals surface area contributed by atoms with E-state index in [2.05, 4.69) is 27.5 Å². The third-order valence-corrected chi connectivity index (χ3v) is 5.10. The second-order valence-corrected chi connectivity index (χ2v) is 7.56. The van der Waals surface area contributed by atoms with Crippen molar-refractivity contribution in [3.8, 4) is 0 Å². The molecule has 26 heavy (non-hydrogen) atoms. The summed E-state index contributed by atoms with van der Waals surface area (Å²) in [6.45, 7) is 8.14. The van der Waals surface area contributed by atoms with Crippen LogP contribution in [0.3, 0.4) is 0 Å². The van der Waals surface area contributed by atoms with Crippen molar-refractivity contribution in [3.05, 3.63) is 16.1 Å². The highest BCUT2D eigenvalue weighted by molar-refractivity contribution is 14.0. The van der Waals surface area contributed by atoms with Crippen molar-refractivity contribution in [2.24, 2.45) is 4.99 Å². The molecule has 0 aromatic carbocycles. The molecule has 0 radical (unpaired) electrons. The van der Waals surface area contributed by atoms with Crippen LogP contribution in [0.2, 0.25) is 0 Å². The van der Waals surface area contributed by atoms with Gasteiger partial charge in [-0.1, -0.05) is 6.42 Å². The highest BCUT2D eigenvalue weighted by Gasteiger charge is 2.15. The molecular weight excluding hydrogens is 461 g/mol. The SMILES string of the molecule is CCNC(=NCCCN1CCCCCC1=O)N(C)Cc1csc(C)n1.I. The number of rotatable bonds is 7. The van der Waals surface area contributed by atoms with Crippen LogP contribution in [0.25, 0.3) is 0 Å². The molecule has 2 rings (SSSR count). The van der Waals surface area contributed by atoms with Gasteiger partial charge in [0.1, 0.15) is 0 Å². The van der Waals surface area contributed by atoms with Crippen LogP contribution in [0.4, 0.5) is 0 Å². The molecule has 8 heteroatoms. The van der Waals surface area contributed by atoms with E-state index < -0.39 is 0 Å². The molecular formula is C18H32IN5OS. The first-order chi connectivity index (χ1) is 12.1. The van der Waals surface area contributed by atoms with E-state index in [1.54, 1.807) is 11.3 Å². The Kier molecular flexibility index (Phi) is 11.1. The van der Waals surface area contributed by atoms with Crippen LogP contribution in [-0.2, 0) is 11.3 Å². The van der Waals surface area contributed by atoms with E-state index in [0.29, 0.717) is 12.3 Å². The van der Waals surface area contributed by atoms with Gasteiger partial charge in [0.05, 0.1) is 17.2 Å². The predicted molar refractivity (Wildman–Crippen MR) is 119 cm³/mol. The summed E-state index contributed by atoms with van der Waals surface area (Å²) in [4.78, 5) is 25.4. The zero-order valence-corrected chi connectivity index (χ0v) is 19.3. The Balaban J connectivity index is 0.00000338. The van der Waals surface area contributed by atoms with Gasteiger partial charge >= 0.3 is 0 Å². The molecule has 1 aromatic heterocycles. The van der Waals surface area contributed by atoms with E-state index in [4.69, 9.17) is 4.99 Å². The highest BCUT2D eigenvalue weighted by atomic mass is 127. The fourth-order valence-corrected chi connectivity index (χ4v) is 3.59. The quantitative estimate of drug-likeness (QED) is 0.274. The normalized spacial score (nSPS) is 15.4. The van der Waals surface area contributed by atoms with Gasteiger partial charge in [0.15, 0.2) is 5.96 Å². The van der Waals surface area contributed by atoms with E-state index >= 15 is 0 Å². The number of carbonyl (C=O) groups is 1. The minimum absolute atomic E-state index is 0. The fourth-order valence-electron chi connectivity index (χ4n) is 2.99. The molecule has 0 aliphatic carbocycles. The lowest BCUT2D eigenvalue weighted by Crippen LogP contribution is -2.38. The zero-order chi connectivity index (χ0) is 18.1. The molecule has 1 aliphatic rings. The number of likely N-dealkylation sites (tertiary alicyclic amines) is 1. The Morgan fingerprint density at radius 1 is 1.42 bits per heavy atom. The Labute approximate surface area is 178 Å². The van der Waals surface area contributed by atoms with Gasteiger partial charge in [-0.25, -0.2) is 4.98 Å². The van der Waals surface area contributed by atoms with Crippen LogP contribution in [0.5, 0.6) is 0 Å². The lowest BCUT2D eigenvalue weighted by molar-refractivity contribution is -0.130. The van der Waals surface area contributed by atoms with Gasteiger partial charge in [0.25, 0.3) is 0 Å². The number of hydrogen-bond donors (Lipinski definition) is 1. The number of aliphatic imine (C=N–C) groups is 1. The molecule has 0 atom stereocenters. The van der Waals surface area contributed by atoms with E-state index in [0.717, 1.165) is 68.6 Å². The summed E-state index contributed by atoms with van der Waals surface area (Å²) in [6, 6.07) is 0. The largest absolute Gasteiger partial charge is 0.357 e. The lowest BCUT2D eigenvalue weighted by atomic mass is 10.2. The first kappa shape index (κ1) is 23.1. The van der Waals surface area contributed by atoms with E-state index in [1.165, 1.54) is 6.42 Å². The van der Waals surface area contributed by atoms with Crippen molar-refractivity contribution in [1.29, 1.82) is 0 Å². The maximum absolute atomic E-state index is 12.0. The zero-order valence-electron chi connectivity index (χ0n) is 16.2. The van der Waals surface area contributed by atoms with Crippen molar-refractivity contribution >= 4 is 47.2 Å².